The molecule has 0 amide bonds. The molecular formula is C56H32N4O2. The first-order valence-corrected chi connectivity index (χ1v) is 20.8. The lowest BCUT2D eigenvalue weighted by Crippen LogP contribution is -2.15. The van der Waals surface area contributed by atoms with Gasteiger partial charge in [0.1, 0.15) is 29.1 Å². The van der Waals surface area contributed by atoms with Crippen molar-refractivity contribution in [2.75, 3.05) is 0 Å². The average Bonchev–Trinajstić information content (AvgIpc) is 4.08. The minimum atomic E-state index is -0.0472. The van der Waals surface area contributed by atoms with Gasteiger partial charge < -0.3 is 18.3 Å². The Morgan fingerprint density at radius 3 is 1.94 bits per heavy atom. The van der Waals surface area contributed by atoms with Crippen molar-refractivity contribution >= 4 is 65.6 Å². The maximum absolute atomic E-state index is 11.0. The van der Waals surface area contributed by atoms with Crippen LogP contribution in [0.5, 0.6) is 5.75 Å². The average molecular weight is 793 g/mol. The topological polar surface area (TPSA) is 79.8 Å². The highest BCUT2D eigenvalue weighted by molar-refractivity contribution is 6.24. The Labute approximate surface area is 355 Å². The maximum atomic E-state index is 11.0. The molecule has 11 aromatic rings. The molecule has 2 aliphatic rings. The molecule has 2 unspecified atom stereocenters. The van der Waals surface area contributed by atoms with E-state index < -0.39 is 0 Å². The second kappa shape index (κ2) is 13.0. The number of allylic oxidation sites excluding steroid dienone is 2. The number of para-hydroxylation sites is 3. The van der Waals surface area contributed by atoms with Crippen molar-refractivity contribution in [2.45, 2.75) is 12.0 Å². The molecule has 0 N–H and O–H groups in total. The molecule has 4 heterocycles. The van der Waals surface area contributed by atoms with E-state index in [4.69, 9.17) is 9.15 Å². The lowest BCUT2D eigenvalue weighted by molar-refractivity contribution is 0.271. The van der Waals surface area contributed by atoms with Gasteiger partial charge in [-0.15, -0.1) is 0 Å². The Bertz CT molecular complexity index is 3900. The van der Waals surface area contributed by atoms with Gasteiger partial charge in [0.2, 0.25) is 0 Å². The number of benzene rings is 8. The fourth-order valence-electron chi connectivity index (χ4n) is 10.3. The summed E-state index contributed by atoms with van der Waals surface area (Å²) in [5.74, 6) is 1.08. The molecule has 1 aliphatic carbocycles. The van der Waals surface area contributed by atoms with Gasteiger partial charge >= 0.3 is 0 Å². The van der Waals surface area contributed by atoms with Crippen LogP contribution in [0.1, 0.15) is 22.6 Å². The molecule has 6 nitrogen and oxygen atoms in total. The van der Waals surface area contributed by atoms with Gasteiger partial charge in [-0.05, 0) is 72.3 Å². The molecule has 13 rings (SSSR count). The van der Waals surface area contributed by atoms with E-state index in [0.717, 1.165) is 99.4 Å². The Morgan fingerprint density at radius 1 is 0.500 bits per heavy atom. The molecule has 0 spiro atoms. The van der Waals surface area contributed by atoms with Crippen molar-refractivity contribution in [3.63, 3.8) is 0 Å². The van der Waals surface area contributed by atoms with Crippen LogP contribution in [0.2, 0.25) is 0 Å². The summed E-state index contributed by atoms with van der Waals surface area (Å²) < 4.78 is 18.1. The first-order chi connectivity index (χ1) is 30.7. The van der Waals surface area contributed by atoms with Gasteiger partial charge in [0.25, 0.3) is 0 Å². The zero-order chi connectivity index (χ0) is 41.1. The van der Waals surface area contributed by atoms with Gasteiger partial charge in [0, 0.05) is 61.1 Å². The normalized spacial score (nSPS) is 15.4. The standard InChI is InChI=1S/C56H32N4O2/c57-31-33-12-1-2-13-37(33)39-19-11-18-38(46(39)32-58)34-28-35(59-47-20-7-3-16-44(47)53-49(59)26-24-42-40-14-5-9-22-51(40)61-55(42)53)30-36(29-34)60-48-21-8-4-17-45(48)54-50(60)27-25-43-41-15-6-10-23-52(41)62-56(43)54/h1-30,40,51H. The third-order valence-electron chi connectivity index (χ3n) is 12.9. The molecular weight excluding hydrogens is 761 g/mol. The van der Waals surface area contributed by atoms with Crippen LogP contribution in [-0.2, 0) is 0 Å². The predicted octanol–water partition coefficient (Wildman–Crippen LogP) is 13.8. The van der Waals surface area contributed by atoms with E-state index in [2.05, 4.69) is 149 Å². The third-order valence-corrected chi connectivity index (χ3v) is 12.9. The molecule has 8 aromatic carbocycles. The Morgan fingerprint density at radius 2 is 1.15 bits per heavy atom. The molecule has 0 radical (unpaired) electrons. The van der Waals surface area contributed by atoms with E-state index in [-0.39, 0.29) is 12.0 Å². The fraction of sp³-hybridized carbons (Fsp3) is 0.0357. The van der Waals surface area contributed by atoms with Crippen LogP contribution in [0, 0.1) is 22.7 Å². The van der Waals surface area contributed by atoms with Crippen molar-refractivity contribution in [1.82, 2.24) is 9.13 Å². The first kappa shape index (κ1) is 34.3. The fourth-order valence-corrected chi connectivity index (χ4v) is 10.3. The number of rotatable bonds is 4. The van der Waals surface area contributed by atoms with E-state index >= 15 is 0 Å². The molecule has 62 heavy (non-hydrogen) atoms. The van der Waals surface area contributed by atoms with E-state index in [9.17, 15) is 10.5 Å². The zero-order valence-electron chi connectivity index (χ0n) is 33.1. The van der Waals surface area contributed by atoms with E-state index in [0.29, 0.717) is 16.7 Å². The lowest BCUT2D eigenvalue weighted by atomic mass is 9.90. The van der Waals surface area contributed by atoms with Crippen LogP contribution in [0.4, 0.5) is 0 Å². The maximum Gasteiger partial charge on any atom is 0.145 e. The van der Waals surface area contributed by atoms with Crippen molar-refractivity contribution in [1.29, 1.82) is 10.5 Å². The van der Waals surface area contributed by atoms with E-state index in [1.54, 1.807) is 6.07 Å². The predicted molar refractivity (Wildman–Crippen MR) is 248 cm³/mol. The van der Waals surface area contributed by atoms with Gasteiger partial charge in [0.05, 0.1) is 50.0 Å². The number of nitriles is 2. The molecule has 288 valence electrons. The van der Waals surface area contributed by atoms with E-state index in [1.807, 2.05) is 48.5 Å². The minimum absolute atomic E-state index is 0.0472. The van der Waals surface area contributed by atoms with Crippen LogP contribution in [0.15, 0.2) is 186 Å². The van der Waals surface area contributed by atoms with Crippen LogP contribution < -0.4 is 4.74 Å². The number of aromatic nitrogens is 2. The smallest absolute Gasteiger partial charge is 0.145 e. The monoisotopic (exact) mass is 792 g/mol. The highest BCUT2D eigenvalue weighted by Gasteiger charge is 2.35. The summed E-state index contributed by atoms with van der Waals surface area (Å²) in [5, 5.41) is 27.6. The second-order valence-electron chi connectivity index (χ2n) is 16.1. The summed E-state index contributed by atoms with van der Waals surface area (Å²) in [7, 11) is 0. The van der Waals surface area contributed by atoms with Crippen LogP contribution in [0.25, 0.3) is 99.2 Å². The van der Waals surface area contributed by atoms with Crippen LogP contribution in [0.3, 0.4) is 0 Å². The van der Waals surface area contributed by atoms with Crippen molar-refractivity contribution in [3.05, 3.63) is 199 Å². The highest BCUT2D eigenvalue weighted by Crippen LogP contribution is 2.49. The number of hydrogen-bond donors (Lipinski definition) is 0. The Hall–Kier alpha value is -8.58. The Kier molecular flexibility index (Phi) is 7.17. The zero-order valence-corrected chi connectivity index (χ0v) is 33.1. The molecule has 0 saturated heterocycles. The third kappa shape index (κ3) is 4.72. The number of furan rings is 1. The molecule has 1 aliphatic heterocycles. The molecule has 3 aromatic heterocycles. The largest absolute Gasteiger partial charge is 0.484 e. The summed E-state index contributed by atoms with van der Waals surface area (Å²) in [6.07, 6.45) is 8.51. The molecule has 0 bridgehead atoms. The SMILES string of the molecule is N#Cc1ccccc1-c1cccc(-c2cc(-n3c4ccccc4c4c5c(ccc43)C3C=CC=CC3O5)cc(-n3c4ccccc4c4c5oc6ccccc6c5ccc43)c2)c1C#N. The minimum Gasteiger partial charge on any atom is -0.484 e. The summed E-state index contributed by atoms with van der Waals surface area (Å²) in [6.45, 7) is 0. The Balaban J connectivity index is 1.14. The second-order valence-corrected chi connectivity index (χ2v) is 16.1. The first-order valence-electron chi connectivity index (χ1n) is 20.8. The van der Waals surface area contributed by atoms with Crippen molar-refractivity contribution < 1.29 is 9.15 Å². The molecule has 2 atom stereocenters. The number of fused-ring (bicyclic) bond motifs is 14. The number of hydrogen-bond acceptors (Lipinski definition) is 4. The van der Waals surface area contributed by atoms with E-state index in [1.165, 1.54) is 5.56 Å². The quantitative estimate of drug-likeness (QED) is 0.178. The molecule has 0 fully saturated rings. The molecule has 6 heteroatoms. The summed E-state index contributed by atoms with van der Waals surface area (Å²) in [4.78, 5) is 0. The number of nitrogens with zero attached hydrogens (tertiary/aromatic N) is 4. The summed E-state index contributed by atoms with van der Waals surface area (Å²) in [5.41, 5.74) is 13.0. The van der Waals surface area contributed by atoms with Gasteiger partial charge in [-0.2, -0.15) is 10.5 Å². The lowest BCUT2D eigenvalue weighted by Gasteiger charge is -2.17. The van der Waals surface area contributed by atoms with Crippen LogP contribution >= 0.6 is 0 Å². The van der Waals surface area contributed by atoms with Gasteiger partial charge in [-0.1, -0.05) is 115 Å². The summed E-state index contributed by atoms with van der Waals surface area (Å²) >= 11 is 0. The van der Waals surface area contributed by atoms with Gasteiger partial charge in [-0.3, -0.25) is 0 Å². The number of ether oxygens (including phenoxy) is 1. The van der Waals surface area contributed by atoms with Crippen LogP contribution in [-0.4, -0.2) is 15.2 Å². The van der Waals surface area contributed by atoms with Gasteiger partial charge in [-0.25, -0.2) is 0 Å². The van der Waals surface area contributed by atoms with Gasteiger partial charge in [0.15, 0.2) is 0 Å². The highest BCUT2D eigenvalue weighted by atomic mass is 16.5. The summed E-state index contributed by atoms with van der Waals surface area (Å²) in [6, 6.07) is 59.0. The van der Waals surface area contributed by atoms with Crippen molar-refractivity contribution in [2.24, 2.45) is 0 Å². The van der Waals surface area contributed by atoms with Crippen molar-refractivity contribution in [3.8, 4) is 51.5 Å². The molecule has 0 saturated carbocycles.